The smallest absolute Gasteiger partial charge is 0.426 e. The lowest BCUT2D eigenvalue weighted by molar-refractivity contribution is -0.242. The molecule has 3 N–H and O–H groups in total. The van der Waals surface area contributed by atoms with Crippen molar-refractivity contribution in [3.05, 3.63) is 23.2 Å². The topological polar surface area (TPSA) is 122 Å². The fraction of sp³-hybridized carbons (Fsp3) is 0.500. The monoisotopic (exact) mass is 460 g/mol. The molecular weight excluding hydrogens is 441 g/mol. The number of hydrogen-bond donors (Lipinski definition) is 3. The number of benzene rings is 1. The highest BCUT2D eigenvalue weighted by molar-refractivity contribution is 7.89. The summed E-state index contributed by atoms with van der Waals surface area (Å²) in [6.07, 6.45) is -5.13. The van der Waals surface area contributed by atoms with Gasteiger partial charge >= 0.3 is 12.1 Å². The molecule has 0 saturated carbocycles. The molecule has 13 heteroatoms. The van der Waals surface area contributed by atoms with Crippen molar-refractivity contribution in [2.75, 3.05) is 11.9 Å². The number of alkyl halides is 3. The van der Waals surface area contributed by atoms with E-state index in [9.17, 15) is 36.3 Å². The van der Waals surface area contributed by atoms with E-state index in [0.29, 0.717) is 0 Å². The number of aliphatic hydroxyl groups is 1. The summed E-state index contributed by atoms with van der Waals surface area (Å²) in [4.78, 5) is 23.1. The summed E-state index contributed by atoms with van der Waals surface area (Å²) in [6.45, 7) is 3.43. The predicted octanol–water partition coefficient (Wildman–Crippen LogP) is 2.21. The molecule has 0 aliphatic carbocycles. The van der Waals surface area contributed by atoms with Gasteiger partial charge in [0.15, 0.2) is 0 Å². The third-order valence-corrected chi connectivity index (χ3v) is 5.55. The zero-order valence-corrected chi connectivity index (χ0v) is 17.2. The van der Waals surface area contributed by atoms with Gasteiger partial charge in [-0.05, 0) is 38.5 Å². The van der Waals surface area contributed by atoms with Crippen molar-refractivity contribution in [2.24, 2.45) is 0 Å². The number of ether oxygens (including phenoxy) is 1. The first kappa shape index (κ1) is 25.1. The second kappa shape index (κ2) is 9.28. The van der Waals surface area contributed by atoms with E-state index in [4.69, 9.17) is 16.3 Å². The zero-order chi connectivity index (χ0) is 22.6. The van der Waals surface area contributed by atoms with E-state index in [1.54, 1.807) is 19.2 Å². The highest BCUT2D eigenvalue weighted by Gasteiger charge is 2.55. The molecule has 1 amide bonds. The first-order chi connectivity index (χ1) is 13.2. The third-order valence-electron chi connectivity index (χ3n) is 3.77. The van der Waals surface area contributed by atoms with Crippen molar-refractivity contribution in [1.82, 2.24) is 4.72 Å². The second-order valence-electron chi connectivity index (χ2n) is 6.00. The quantitative estimate of drug-likeness (QED) is 0.511. The number of nitrogens with one attached hydrogen (secondary N) is 2. The molecule has 0 fully saturated rings. The number of anilines is 1. The van der Waals surface area contributed by atoms with Gasteiger partial charge < -0.3 is 15.2 Å². The van der Waals surface area contributed by atoms with Crippen molar-refractivity contribution in [1.29, 1.82) is 0 Å². The van der Waals surface area contributed by atoms with Gasteiger partial charge in [-0.2, -0.15) is 17.9 Å². The molecule has 0 radical (unpaired) electrons. The van der Waals surface area contributed by atoms with E-state index in [1.807, 2.05) is 0 Å². The van der Waals surface area contributed by atoms with E-state index in [0.717, 1.165) is 18.2 Å². The van der Waals surface area contributed by atoms with Gasteiger partial charge in [0.05, 0.1) is 22.2 Å². The molecule has 0 bridgehead atoms. The molecule has 1 unspecified atom stereocenters. The first-order valence-electron chi connectivity index (χ1n) is 8.26. The van der Waals surface area contributed by atoms with Gasteiger partial charge in [0.1, 0.15) is 6.04 Å². The van der Waals surface area contributed by atoms with E-state index < -0.39 is 49.6 Å². The van der Waals surface area contributed by atoms with Crippen LogP contribution < -0.4 is 10.0 Å². The van der Waals surface area contributed by atoms with Gasteiger partial charge in [-0.3, -0.25) is 9.59 Å². The molecule has 29 heavy (non-hydrogen) atoms. The van der Waals surface area contributed by atoms with Gasteiger partial charge in [-0.15, -0.1) is 0 Å². The maximum absolute atomic E-state index is 12.7. The lowest BCUT2D eigenvalue weighted by Gasteiger charge is -2.25. The number of rotatable bonds is 8. The van der Waals surface area contributed by atoms with Crippen molar-refractivity contribution < 1.29 is 41.0 Å². The number of carbonyl (C=O) groups is 2. The summed E-state index contributed by atoms with van der Waals surface area (Å²) in [5.74, 6) is -2.57. The van der Waals surface area contributed by atoms with Crippen molar-refractivity contribution in [3.63, 3.8) is 0 Å². The average Bonchev–Trinajstić information content (AvgIpc) is 2.60. The van der Waals surface area contributed by atoms with Crippen LogP contribution in [0.2, 0.25) is 5.02 Å². The van der Waals surface area contributed by atoms with Crippen LogP contribution in [0, 0.1) is 0 Å². The molecule has 1 aromatic rings. The highest BCUT2D eigenvalue weighted by atomic mass is 35.5. The first-order valence-corrected chi connectivity index (χ1v) is 10.1. The van der Waals surface area contributed by atoms with E-state index in [2.05, 4.69) is 4.72 Å². The number of halogens is 4. The second-order valence-corrected chi connectivity index (χ2v) is 8.12. The SMILES string of the molecule is CCOC(=O)C(CC)NS(=O)(=O)c1ccc(NC(=O)[C@@](C)(O)C(F)(F)F)c(Cl)c1. The van der Waals surface area contributed by atoms with E-state index in [1.165, 1.54) is 0 Å². The van der Waals surface area contributed by atoms with Crippen LogP contribution in [0.1, 0.15) is 27.2 Å². The summed E-state index contributed by atoms with van der Waals surface area (Å²) in [5.41, 5.74) is -4.03. The van der Waals surface area contributed by atoms with Gasteiger partial charge in [-0.25, -0.2) is 8.42 Å². The number of carbonyl (C=O) groups excluding carboxylic acids is 2. The summed E-state index contributed by atoms with van der Waals surface area (Å²) in [6, 6.07) is 1.64. The van der Waals surface area contributed by atoms with Crippen LogP contribution in [0.25, 0.3) is 0 Å². The summed E-state index contributed by atoms with van der Waals surface area (Å²) < 4.78 is 69.9. The maximum Gasteiger partial charge on any atom is 0.426 e. The van der Waals surface area contributed by atoms with Gasteiger partial charge in [0, 0.05) is 0 Å². The molecule has 0 aliphatic heterocycles. The summed E-state index contributed by atoms with van der Waals surface area (Å²) in [7, 11) is -4.23. The number of hydrogen-bond acceptors (Lipinski definition) is 6. The largest absolute Gasteiger partial charge is 0.465 e. The third kappa shape index (κ3) is 6.04. The molecule has 0 aliphatic rings. The van der Waals surface area contributed by atoms with Crippen LogP contribution in [0.5, 0.6) is 0 Å². The number of esters is 1. The molecule has 8 nitrogen and oxygen atoms in total. The minimum Gasteiger partial charge on any atom is -0.465 e. The van der Waals surface area contributed by atoms with E-state index in [-0.39, 0.29) is 25.6 Å². The lowest BCUT2D eigenvalue weighted by atomic mass is 10.1. The molecule has 1 rings (SSSR count). The van der Waals surface area contributed by atoms with Gasteiger partial charge in [-0.1, -0.05) is 18.5 Å². The van der Waals surface area contributed by atoms with Crippen LogP contribution in [-0.2, 0) is 24.3 Å². The van der Waals surface area contributed by atoms with E-state index >= 15 is 0 Å². The minimum absolute atomic E-state index is 0.0546. The standard InChI is InChI=1S/C16H20ClF3N2O6S/c1-4-11(13(23)28-5-2)22-29(26,27)9-6-7-12(10(17)8-9)21-14(24)15(3,25)16(18,19)20/h6-8,11,22,25H,4-5H2,1-3H3,(H,21,24)/t11?,15-/m1/s1. The van der Waals surface area contributed by atoms with Crippen molar-refractivity contribution >= 4 is 39.2 Å². The summed E-state index contributed by atoms with van der Waals surface area (Å²) >= 11 is 5.87. The fourth-order valence-electron chi connectivity index (χ4n) is 1.93. The average molecular weight is 461 g/mol. The van der Waals surface area contributed by atoms with Crippen LogP contribution in [0.15, 0.2) is 23.1 Å². The van der Waals surface area contributed by atoms with Crippen molar-refractivity contribution in [2.45, 2.75) is 49.9 Å². The Labute approximate surface area is 170 Å². The minimum atomic E-state index is -5.24. The Hall–Kier alpha value is -1.89. The van der Waals surface area contributed by atoms with Crippen LogP contribution >= 0.6 is 11.6 Å². The summed E-state index contributed by atoms with van der Waals surface area (Å²) in [5, 5.41) is 10.7. The molecule has 0 saturated heterocycles. The lowest BCUT2D eigenvalue weighted by Crippen LogP contribution is -2.52. The Balaban J connectivity index is 3.08. The number of amides is 1. The zero-order valence-electron chi connectivity index (χ0n) is 15.6. The van der Waals surface area contributed by atoms with Gasteiger partial charge in [0.2, 0.25) is 15.6 Å². The Morgan fingerprint density at radius 2 is 1.86 bits per heavy atom. The normalized spacial score (nSPS) is 15.3. The highest BCUT2D eigenvalue weighted by Crippen LogP contribution is 2.32. The number of sulfonamides is 1. The Kier molecular flexibility index (Phi) is 8.05. The molecule has 0 aromatic heterocycles. The predicted molar refractivity (Wildman–Crippen MR) is 97.8 cm³/mol. The molecule has 0 spiro atoms. The molecule has 164 valence electrons. The van der Waals surface area contributed by atoms with Crippen molar-refractivity contribution in [3.8, 4) is 0 Å². The van der Waals surface area contributed by atoms with Crippen LogP contribution in [-0.4, -0.2) is 49.8 Å². The van der Waals surface area contributed by atoms with Gasteiger partial charge in [0.25, 0.3) is 5.91 Å². The molecular formula is C16H20ClF3N2O6S. The maximum atomic E-state index is 12.7. The Morgan fingerprint density at radius 1 is 1.28 bits per heavy atom. The molecule has 1 aromatic carbocycles. The fourth-order valence-corrected chi connectivity index (χ4v) is 3.52. The Morgan fingerprint density at radius 3 is 2.31 bits per heavy atom. The Bertz CT molecular complexity index is 874. The molecule has 0 heterocycles. The van der Waals surface area contributed by atoms with Crippen LogP contribution in [0.3, 0.4) is 0 Å². The van der Waals surface area contributed by atoms with Crippen LogP contribution in [0.4, 0.5) is 18.9 Å². The molecule has 2 atom stereocenters.